The fourth-order valence-electron chi connectivity index (χ4n) is 4.25. The number of nitrogens with zero attached hydrogens (tertiary/aromatic N) is 2. The molecule has 2 heterocycles. The number of carbonyl (C=O) groups is 1. The number of fused-ring (bicyclic) bond motifs is 1. The molecule has 2 aromatic carbocycles. The number of aromatic nitrogens is 2. The van der Waals surface area contributed by atoms with Crippen molar-refractivity contribution in [3.05, 3.63) is 83.4 Å². The van der Waals surface area contributed by atoms with Crippen molar-refractivity contribution in [3.63, 3.8) is 0 Å². The van der Waals surface area contributed by atoms with Crippen LogP contribution in [-0.2, 0) is 18.3 Å². The van der Waals surface area contributed by atoms with E-state index < -0.39 is 17.5 Å². The van der Waals surface area contributed by atoms with Crippen molar-refractivity contribution in [2.45, 2.75) is 51.7 Å². The van der Waals surface area contributed by atoms with Gasteiger partial charge in [0.25, 0.3) is 0 Å². The summed E-state index contributed by atoms with van der Waals surface area (Å²) < 4.78 is 8.43. The molecule has 0 spiro atoms. The third-order valence-electron chi connectivity index (χ3n) is 6.58. The smallest absolute Gasteiger partial charge is 0.309 e. The van der Waals surface area contributed by atoms with E-state index in [0.29, 0.717) is 12.8 Å². The lowest BCUT2D eigenvalue weighted by Crippen LogP contribution is -2.25. The molecule has 34 heavy (non-hydrogen) atoms. The van der Waals surface area contributed by atoms with Gasteiger partial charge in [0.1, 0.15) is 17.7 Å². The van der Waals surface area contributed by atoms with Gasteiger partial charge >= 0.3 is 5.97 Å². The highest BCUT2D eigenvalue weighted by Crippen LogP contribution is 2.38. The van der Waals surface area contributed by atoms with E-state index in [2.05, 4.69) is 23.2 Å². The van der Waals surface area contributed by atoms with E-state index in [1.807, 2.05) is 54.2 Å². The molecule has 2 unspecified atom stereocenters. The van der Waals surface area contributed by atoms with E-state index in [4.69, 9.17) is 4.74 Å². The van der Waals surface area contributed by atoms with E-state index in [9.17, 15) is 15.0 Å². The fourth-order valence-corrected chi connectivity index (χ4v) is 4.25. The molecule has 178 valence electrons. The van der Waals surface area contributed by atoms with Crippen LogP contribution in [0.3, 0.4) is 0 Å². The van der Waals surface area contributed by atoms with Gasteiger partial charge in [-0.25, -0.2) is 4.98 Å². The first-order valence-corrected chi connectivity index (χ1v) is 11.7. The van der Waals surface area contributed by atoms with Crippen molar-refractivity contribution >= 4 is 17.6 Å². The van der Waals surface area contributed by atoms with E-state index in [-0.39, 0.29) is 6.10 Å². The highest BCUT2D eigenvalue weighted by atomic mass is 16.5. The highest BCUT2D eigenvalue weighted by molar-refractivity contribution is 5.85. The monoisotopic (exact) mass is 460 g/mol. The SMILES string of the molecule is Cn1ccnc1C1=Cc2cc(C(O)CCC(C)(C)C(=O)O)ccc2OC1CCc1ccccc1. The molecule has 2 N–H and O–H groups in total. The number of aliphatic hydroxyl groups excluding tert-OH is 1. The summed E-state index contributed by atoms with van der Waals surface area (Å²) in [5.41, 5.74) is 3.04. The Kier molecular flexibility index (Phi) is 6.89. The van der Waals surface area contributed by atoms with E-state index >= 15 is 0 Å². The van der Waals surface area contributed by atoms with Crippen LogP contribution in [0, 0.1) is 5.41 Å². The third kappa shape index (κ3) is 5.23. The minimum atomic E-state index is -0.879. The summed E-state index contributed by atoms with van der Waals surface area (Å²) in [6, 6.07) is 16.1. The maximum Gasteiger partial charge on any atom is 0.309 e. The van der Waals surface area contributed by atoms with Gasteiger partial charge in [-0.1, -0.05) is 36.4 Å². The van der Waals surface area contributed by atoms with Gasteiger partial charge < -0.3 is 19.5 Å². The Morgan fingerprint density at radius 1 is 1.21 bits per heavy atom. The normalized spacial score (nSPS) is 16.4. The highest BCUT2D eigenvalue weighted by Gasteiger charge is 2.29. The molecule has 3 aromatic rings. The van der Waals surface area contributed by atoms with Crippen molar-refractivity contribution in [1.29, 1.82) is 0 Å². The molecule has 0 radical (unpaired) electrons. The number of carboxylic acid groups (broad SMARTS) is 1. The van der Waals surface area contributed by atoms with E-state index in [1.54, 1.807) is 20.0 Å². The Bertz CT molecular complexity index is 1180. The summed E-state index contributed by atoms with van der Waals surface area (Å²) in [6.07, 6.45) is 7.38. The minimum Gasteiger partial charge on any atom is -0.485 e. The first kappa shape index (κ1) is 23.8. The van der Waals surface area contributed by atoms with Gasteiger partial charge in [0, 0.05) is 30.6 Å². The van der Waals surface area contributed by atoms with Crippen LogP contribution in [0.4, 0.5) is 0 Å². The number of hydrogen-bond donors (Lipinski definition) is 2. The van der Waals surface area contributed by atoms with Gasteiger partial charge in [-0.2, -0.15) is 0 Å². The number of aryl methyl sites for hydroxylation is 2. The van der Waals surface area contributed by atoms with Crippen LogP contribution in [0.25, 0.3) is 11.6 Å². The Balaban J connectivity index is 1.58. The largest absolute Gasteiger partial charge is 0.485 e. The molecular weight excluding hydrogens is 428 g/mol. The summed E-state index contributed by atoms with van der Waals surface area (Å²) in [4.78, 5) is 16.0. The molecule has 0 bridgehead atoms. The van der Waals surface area contributed by atoms with Crippen LogP contribution in [0.15, 0.2) is 60.9 Å². The Morgan fingerprint density at radius 3 is 2.65 bits per heavy atom. The zero-order valence-corrected chi connectivity index (χ0v) is 19.9. The third-order valence-corrected chi connectivity index (χ3v) is 6.58. The topological polar surface area (TPSA) is 84.6 Å². The maximum atomic E-state index is 11.4. The van der Waals surface area contributed by atoms with Gasteiger partial charge in [-0.15, -0.1) is 0 Å². The van der Waals surface area contributed by atoms with Crippen LogP contribution in [0.2, 0.25) is 0 Å². The van der Waals surface area contributed by atoms with Crippen LogP contribution < -0.4 is 4.74 Å². The number of carboxylic acids is 1. The number of ether oxygens (including phenoxy) is 1. The number of hydrogen-bond acceptors (Lipinski definition) is 4. The molecule has 0 amide bonds. The number of benzene rings is 2. The predicted molar refractivity (Wildman–Crippen MR) is 132 cm³/mol. The first-order chi connectivity index (χ1) is 16.2. The summed E-state index contributed by atoms with van der Waals surface area (Å²) in [5.74, 6) is 0.776. The first-order valence-electron chi connectivity index (χ1n) is 11.7. The van der Waals surface area contributed by atoms with Crippen LogP contribution in [-0.4, -0.2) is 31.8 Å². The van der Waals surface area contributed by atoms with Crippen LogP contribution in [0.1, 0.15) is 61.7 Å². The Morgan fingerprint density at radius 2 is 1.97 bits per heavy atom. The lowest BCUT2D eigenvalue weighted by Gasteiger charge is -2.28. The molecule has 6 nitrogen and oxygen atoms in total. The number of rotatable bonds is 9. The summed E-state index contributed by atoms with van der Waals surface area (Å²) >= 11 is 0. The zero-order valence-electron chi connectivity index (χ0n) is 19.9. The molecule has 0 saturated heterocycles. The van der Waals surface area contributed by atoms with Gasteiger partial charge in [-0.05, 0) is 68.9 Å². The van der Waals surface area contributed by atoms with Crippen LogP contribution >= 0.6 is 0 Å². The van der Waals surface area contributed by atoms with Crippen LogP contribution in [0.5, 0.6) is 5.75 Å². The van der Waals surface area contributed by atoms with Gasteiger partial charge in [-0.3, -0.25) is 4.79 Å². The quantitative estimate of drug-likeness (QED) is 0.454. The van der Waals surface area contributed by atoms with Crippen molar-refractivity contribution in [3.8, 4) is 5.75 Å². The van der Waals surface area contributed by atoms with Gasteiger partial charge in [0.05, 0.1) is 11.5 Å². The van der Waals surface area contributed by atoms with Gasteiger partial charge in [0.15, 0.2) is 0 Å². The second-order valence-electron chi connectivity index (χ2n) is 9.63. The van der Waals surface area contributed by atoms with E-state index in [0.717, 1.165) is 41.1 Å². The maximum absolute atomic E-state index is 11.4. The molecule has 2 atom stereocenters. The second kappa shape index (κ2) is 9.85. The molecular formula is C28H32N2O4. The summed E-state index contributed by atoms with van der Waals surface area (Å²) in [6.45, 7) is 3.36. The predicted octanol–water partition coefficient (Wildman–Crippen LogP) is 5.28. The average Bonchev–Trinajstić information content (AvgIpc) is 3.26. The standard InChI is InChI=1S/C28H32N2O4/c1-28(2,27(32)33)14-13-23(31)20-10-12-24-21(17-20)18-22(26-29-15-16-30(26)3)25(34-24)11-9-19-7-5-4-6-8-19/h4-8,10,12,15-18,23,25,31H,9,11,13-14H2,1-3H3,(H,32,33). The Hall–Kier alpha value is -3.38. The molecule has 1 aliphatic rings. The number of aliphatic carboxylic acids is 1. The lowest BCUT2D eigenvalue weighted by molar-refractivity contribution is -0.147. The fraction of sp³-hybridized carbons (Fsp3) is 0.357. The minimum absolute atomic E-state index is 0.138. The van der Waals surface area contributed by atoms with Crippen molar-refractivity contribution in [2.24, 2.45) is 12.5 Å². The summed E-state index contributed by atoms with van der Waals surface area (Å²) in [5, 5.41) is 20.1. The van der Waals surface area contributed by atoms with Crippen molar-refractivity contribution < 1.29 is 19.7 Å². The molecule has 0 fully saturated rings. The summed E-state index contributed by atoms with van der Waals surface area (Å²) in [7, 11) is 1.97. The molecule has 6 heteroatoms. The molecule has 1 aromatic heterocycles. The lowest BCUT2D eigenvalue weighted by atomic mass is 9.85. The van der Waals surface area contributed by atoms with Crippen molar-refractivity contribution in [2.75, 3.05) is 0 Å². The molecule has 1 aliphatic heterocycles. The second-order valence-corrected chi connectivity index (χ2v) is 9.63. The number of aliphatic hydroxyl groups is 1. The molecule has 4 rings (SSSR count). The Labute approximate surface area is 200 Å². The molecule has 0 aliphatic carbocycles. The van der Waals surface area contributed by atoms with Crippen molar-refractivity contribution in [1.82, 2.24) is 9.55 Å². The molecule has 0 saturated carbocycles. The number of imidazole rings is 1. The average molecular weight is 461 g/mol. The van der Waals surface area contributed by atoms with E-state index in [1.165, 1.54) is 5.56 Å². The van der Waals surface area contributed by atoms with Gasteiger partial charge in [0.2, 0.25) is 0 Å². The zero-order chi connectivity index (χ0) is 24.3.